The number of nitrogens with one attached hydrogen (secondary N) is 1. The third-order valence-electron chi connectivity index (χ3n) is 3.56. The van der Waals surface area contributed by atoms with Gasteiger partial charge in [-0.2, -0.15) is 0 Å². The quantitative estimate of drug-likeness (QED) is 0.919. The predicted octanol–water partition coefficient (Wildman–Crippen LogP) is 2.53. The second kappa shape index (κ2) is 7.50. The van der Waals surface area contributed by atoms with Gasteiger partial charge in [0.2, 0.25) is 11.8 Å². The van der Waals surface area contributed by atoms with Gasteiger partial charge >= 0.3 is 0 Å². The number of rotatable bonds is 4. The van der Waals surface area contributed by atoms with Crippen molar-refractivity contribution in [3.63, 3.8) is 0 Å². The minimum absolute atomic E-state index is 0.157. The number of hydrogen-bond donors (Lipinski definition) is 1. The fourth-order valence-corrected chi connectivity index (χ4v) is 3.56. The van der Waals surface area contributed by atoms with Crippen LogP contribution < -0.4 is 10.2 Å². The van der Waals surface area contributed by atoms with E-state index in [1.54, 1.807) is 0 Å². The van der Waals surface area contributed by atoms with Crippen LogP contribution >= 0.6 is 11.8 Å². The third kappa shape index (κ3) is 4.04. The van der Waals surface area contributed by atoms with Crippen molar-refractivity contribution >= 4 is 34.4 Å². The van der Waals surface area contributed by atoms with Gasteiger partial charge in [0.1, 0.15) is 5.37 Å². The number of hydrogen-bond acceptors (Lipinski definition) is 5. The van der Waals surface area contributed by atoms with Gasteiger partial charge in [-0.25, -0.2) is 5.01 Å². The standard InChI is InChI=1S/C16H22N4O2S/c1-5-19(6-2)14-9-7-13(8-10-14)15-20(12(4)22)18-16(23-15)17-11(3)21/h7-10,15H,5-6H2,1-4H3,(H,17,18,21)/t15-/m0/s1. The Morgan fingerprint density at radius 3 is 2.30 bits per heavy atom. The van der Waals surface area contributed by atoms with Gasteiger partial charge in [-0.3, -0.25) is 9.59 Å². The number of benzene rings is 1. The van der Waals surface area contributed by atoms with E-state index < -0.39 is 0 Å². The maximum Gasteiger partial charge on any atom is 0.241 e. The van der Waals surface area contributed by atoms with Crippen molar-refractivity contribution in [2.45, 2.75) is 33.1 Å². The number of anilines is 1. The molecule has 1 atom stereocenters. The Hall–Kier alpha value is -2.02. The topological polar surface area (TPSA) is 65.0 Å². The molecule has 0 saturated carbocycles. The Labute approximate surface area is 140 Å². The highest BCUT2D eigenvalue weighted by Crippen LogP contribution is 2.39. The van der Waals surface area contributed by atoms with E-state index in [0.29, 0.717) is 5.17 Å². The molecule has 0 radical (unpaired) electrons. The van der Waals surface area contributed by atoms with Crippen molar-refractivity contribution in [3.8, 4) is 0 Å². The second-order valence-corrected chi connectivity index (χ2v) is 6.25. The van der Waals surface area contributed by atoms with Crippen LogP contribution in [0.15, 0.2) is 29.4 Å². The van der Waals surface area contributed by atoms with Crippen LogP contribution in [0.5, 0.6) is 0 Å². The molecule has 2 rings (SSSR count). The summed E-state index contributed by atoms with van der Waals surface area (Å²) in [4.78, 5) is 25.3. The molecule has 1 N–H and O–H groups in total. The average molecular weight is 334 g/mol. The molecule has 124 valence electrons. The van der Waals surface area contributed by atoms with Crippen LogP contribution in [-0.2, 0) is 9.59 Å². The summed E-state index contributed by atoms with van der Waals surface area (Å²) in [6.07, 6.45) is 0. The summed E-state index contributed by atoms with van der Waals surface area (Å²) >= 11 is 1.36. The Morgan fingerprint density at radius 1 is 1.22 bits per heavy atom. The van der Waals surface area contributed by atoms with Gasteiger partial charge in [0, 0.05) is 32.6 Å². The molecule has 6 nitrogen and oxygen atoms in total. The van der Waals surface area contributed by atoms with Crippen LogP contribution in [0.1, 0.15) is 38.6 Å². The van der Waals surface area contributed by atoms with E-state index >= 15 is 0 Å². The van der Waals surface area contributed by atoms with Crippen LogP contribution in [0.3, 0.4) is 0 Å². The molecule has 1 aromatic rings. The van der Waals surface area contributed by atoms with E-state index in [2.05, 4.69) is 41.3 Å². The van der Waals surface area contributed by atoms with Crippen LogP contribution in [0.2, 0.25) is 0 Å². The molecule has 0 bridgehead atoms. The van der Waals surface area contributed by atoms with Crippen LogP contribution in [0, 0.1) is 0 Å². The fraction of sp³-hybridized carbons (Fsp3) is 0.438. The molecule has 0 fully saturated rings. The zero-order valence-electron chi connectivity index (χ0n) is 13.9. The molecule has 0 spiro atoms. The van der Waals surface area contributed by atoms with Crippen molar-refractivity contribution in [1.82, 2.24) is 10.3 Å². The van der Waals surface area contributed by atoms with Crippen molar-refractivity contribution in [1.29, 1.82) is 0 Å². The predicted molar refractivity (Wildman–Crippen MR) is 94.1 cm³/mol. The molecule has 0 saturated heterocycles. The number of nitrogens with zero attached hydrogens (tertiary/aromatic N) is 3. The van der Waals surface area contributed by atoms with Crippen molar-refractivity contribution in [2.24, 2.45) is 5.10 Å². The molecule has 7 heteroatoms. The summed E-state index contributed by atoms with van der Waals surface area (Å²) in [5.41, 5.74) is 2.13. The van der Waals surface area contributed by atoms with E-state index in [9.17, 15) is 9.59 Å². The van der Waals surface area contributed by atoms with E-state index in [1.807, 2.05) is 12.1 Å². The maximum absolute atomic E-state index is 11.8. The molecule has 0 unspecified atom stereocenters. The number of carbonyl (C=O) groups excluding carboxylic acids is 2. The number of amidine groups is 1. The summed E-state index contributed by atoms with van der Waals surface area (Å²) in [5.74, 6) is -0.354. The first-order valence-electron chi connectivity index (χ1n) is 7.63. The lowest BCUT2D eigenvalue weighted by Gasteiger charge is -2.23. The zero-order chi connectivity index (χ0) is 17.0. The Bertz CT molecular complexity index is 611. The Morgan fingerprint density at radius 2 is 1.83 bits per heavy atom. The van der Waals surface area contributed by atoms with E-state index in [4.69, 9.17) is 0 Å². The number of thioether (sulfide) groups is 1. The van der Waals surface area contributed by atoms with E-state index in [1.165, 1.54) is 30.6 Å². The number of carbonyl (C=O) groups is 2. The van der Waals surface area contributed by atoms with Gasteiger partial charge in [0.05, 0.1) is 0 Å². The SMILES string of the molecule is CCN(CC)c1ccc([C@@H]2SC(NC(C)=O)=NN2C(C)=O)cc1. The van der Waals surface area contributed by atoms with Crippen LogP contribution in [0.4, 0.5) is 5.69 Å². The van der Waals surface area contributed by atoms with Gasteiger partial charge in [-0.05, 0) is 31.5 Å². The van der Waals surface area contributed by atoms with Gasteiger partial charge in [0.15, 0.2) is 5.17 Å². The monoisotopic (exact) mass is 334 g/mol. The maximum atomic E-state index is 11.8. The largest absolute Gasteiger partial charge is 0.372 e. The smallest absolute Gasteiger partial charge is 0.241 e. The summed E-state index contributed by atoms with van der Waals surface area (Å²) in [6, 6.07) is 8.12. The zero-order valence-corrected chi connectivity index (χ0v) is 14.7. The fourth-order valence-electron chi connectivity index (χ4n) is 2.42. The highest BCUT2D eigenvalue weighted by atomic mass is 32.2. The van der Waals surface area contributed by atoms with E-state index in [0.717, 1.165) is 24.3 Å². The summed E-state index contributed by atoms with van der Waals surface area (Å²) in [7, 11) is 0. The van der Waals surface area contributed by atoms with Crippen molar-refractivity contribution < 1.29 is 9.59 Å². The first kappa shape index (κ1) is 17.3. The molecule has 0 aliphatic carbocycles. The Balaban J connectivity index is 2.20. The van der Waals surface area contributed by atoms with Crippen LogP contribution in [0.25, 0.3) is 0 Å². The summed E-state index contributed by atoms with van der Waals surface area (Å²) in [6.45, 7) is 9.03. The normalized spacial score (nSPS) is 17.0. The third-order valence-corrected chi connectivity index (χ3v) is 4.66. The second-order valence-electron chi connectivity index (χ2n) is 5.18. The molecule has 23 heavy (non-hydrogen) atoms. The minimum Gasteiger partial charge on any atom is -0.372 e. The first-order valence-corrected chi connectivity index (χ1v) is 8.51. The lowest BCUT2D eigenvalue weighted by atomic mass is 10.2. The molecule has 2 amide bonds. The minimum atomic E-state index is -0.250. The first-order chi connectivity index (χ1) is 11.0. The molecule has 0 aromatic heterocycles. The Kier molecular flexibility index (Phi) is 5.65. The lowest BCUT2D eigenvalue weighted by molar-refractivity contribution is -0.129. The molecule has 1 aromatic carbocycles. The summed E-state index contributed by atoms with van der Waals surface area (Å²) < 4.78 is 0. The highest BCUT2D eigenvalue weighted by Gasteiger charge is 2.32. The molecular formula is C16H22N4O2S. The molecule has 1 aliphatic rings. The molecule has 1 aliphatic heterocycles. The molecular weight excluding hydrogens is 312 g/mol. The number of hydrazone groups is 1. The van der Waals surface area contributed by atoms with Gasteiger partial charge in [0.25, 0.3) is 0 Å². The average Bonchev–Trinajstić information content (AvgIpc) is 2.92. The van der Waals surface area contributed by atoms with Crippen molar-refractivity contribution in [3.05, 3.63) is 29.8 Å². The lowest BCUT2D eigenvalue weighted by Crippen LogP contribution is -2.25. The van der Waals surface area contributed by atoms with Gasteiger partial charge in [-0.1, -0.05) is 23.9 Å². The van der Waals surface area contributed by atoms with E-state index in [-0.39, 0.29) is 17.2 Å². The van der Waals surface area contributed by atoms with Gasteiger partial charge < -0.3 is 10.2 Å². The number of amides is 2. The van der Waals surface area contributed by atoms with Gasteiger partial charge in [-0.15, -0.1) is 5.10 Å². The van der Waals surface area contributed by atoms with Crippen molar-refractivity contribution in [2.75, 3.05) is 18.0 Å². The van der Waals surface area contributed by atoms with Crippen LogP contribution in [-0.4, -0.2) is 35.1 Å². The molecule has 1 heterocycles. The highest BCUT2D eigenvalue weighted by molar-refractivity contribution is 8.14. The summed E-state index contributed by atoms with van der Waals surface area (Å²) in [5, 5.41) is 8.45.